The summed E-state index contributed by atoms with van der Waals surface area (Å²) in [6.07, 6.45) is 14.1. The van der Waals surface area contributed by atoms with Crippen molar-refractivity contribution in [1.29, 1.82) is 0 Å². The Morgan fingerprint density at radius 3 is 2.17 bits per heavy atom. The molecule has 23 heavy (non-hydrogen) atoms. The Morgan fingerprint density at radius 1 is 0.913 bits per heavy atom. The van der Waals surface area contributed by atoms with Crippen LogP contribution in [-0.4, -0.2) is 0 Å². The van der Waals surface area contributed by atoms with E-state index in [1.165, 1.54) is 57.1 Å². The number of hydrogen-bond acceptors (Lipinski definition) is 0. The summed E-state index contributed by atoms with van der Waals surface area (Å²) in [6, 6.07) is 4.61. The Bertz CT molecular complexity index is 509. The van der Waals surface area contributed by atoms with Crippen molar-refractivity contribution in [1.82, 2.24) is 0 Å². The highest BCUT2D eigenvalue weighted by Crippen LogP contribution is 2.48. The predicted molar refractivity (Wildman–Crippen MR) is 91.5 cm³/mol. The zero-order valence-corrected chi connectivity index (χ0v) is 14.4. The smallest absolute Gasteiger partial charge is 0.159 e. The minimum Gasteiger partial charge on any atom is -0.204 e. The van der Waals surface area contributed by atoms with Gasteiger partial charge in [-0.05, 0) is 67.1 Å². The second-order valence-corrected chi connectivity index (χ2v) is 7.89. The number of hydrogen-bond donors (Lipinski definition) is 0. The van der Waals surface area contributed by atoms with E-state index < -0.39 is 11.6 Å². The average Bonchev–Trinajstić information content (AvgIpc) is 2.59. The molecule has 3 rings (SSSR count). The molecule has 0 unspecified atom stereocenters. The van der Waals surface area contributed by atoms with Crippen LogP contribution in [0.1, 0.15) is 83.1 Å². The highest BCUT2D eigenvalue weighted by Gasteiger charge is 2.38. The standard InChI is InChI=1S/C21H30F2/c1-2-12-21(18-8-9-19(22)20(23)15-18)13-10-17(11-14-21)16-6-4-3-5-7-16/h8-9,15-17H,2-7,10-14H2,1H3. The van der Waals surface area contributed by atoms with E-state index in [2.05, 4.69) is 6.92 Å². The van der Waals surface area contributed by atoms with Crippen molar-refractivity contribution < 1.29 is 8.78 Å². The monoisotopic (exact) mass is 320 g/mol. The summed E-state index contributed by atoms with van der Waals surface area (Å²) in [7, 11) is 0. The molecule has 0 amide bonds. The molecule has 2 aliphatic carbocycles. The van der Waals surface area contributed by atoms with Crippen LogP contribution in [0, 0.1) is 23.5 Å². The Labute approximate surface area is 139 Å². The Kier molecular flexibility index (Phi) is 5.38. The minimum absolute atomic E-state index is 0.0778. The van der Waals surface area contributed by atoms with Gasteiger partial charge in [-0.3, -0.25) is 0 Å². The van der Waals surface area contributed by atoms with Crippen LogP contribution in [0.3, 0.4) is 0 Å². The van der Waals surface area contributed by atoms with Crippen molar-refractivity contribution in [2.45, 2.75) is 83.0 Å². The molecule has 0 N–H and O–H groups in total. The lowest BCUT2D eigenvalue weighted by Gasteiger charge is -2.44. The van der Waals surface area contributed by atoms with Crippen molar-refractivity contribution in [3.63, 3.8) is 0 Å². The van der Waals surface area contributed by atoms with E-state index in [4.69, 9.17) is 0 Å². The first-order valence-corrected chi connectivity index (χ1v) is 9.60. The van der Waals surface area contributed by atoms with E-state index >= 15 is 0 Å². The molecule has 2 aliphatic rings. The van der Waals surface area contributed by atoms with Crippen LogP contribution in [0.4, 0.5) is 8.78 Å². The number of rotatable bonds is 4. The van der Waals surface area contributed by atoms with E-state index in [9.17, 15) is 8.78 Å². The predicted octanol–water partition coefficient (Wildman–Crippen LogP) is 6.77. The Morgan fingerprint density at radius 2 is 1.57 bits per heavy atom. The normalized spacial score (nSPS) is 29.6. The van der Waals surface area contributed by atoms with Gasteiger partial charge < -0.3 is 0 Å². The molecule has 0 bridgehead atoms. The van der Waals surface area contributed by atoms with Crippen molar-refractivity contribution in [2.24, 2.45) is 11.8 Å². The lowest BCUT2D eigenvalue weighted by Crippen LogP contribution is -2.34. The van der Waals surface area contributed by atoms with Gasteiger partial charge >= 0.3 is 0 Å². The molecule has 2 saturated carbocycles. The van der Waals surface area contributed by atoms with Crippen LogP contribution in [0.15, 0.2) is 18.2 Å². The molecule has 0 aromatic heterocycles. The maximum Gasteiger partial charge on any atom is 0.159 e. The van der Waals surface area contributed by atoms with Crippen LogP contribution >= 0.6 is 0 Å². The van der Waals surface area contributed by atoms with Gasteiger partial charge in [0.05, 0.1) is 0 Å². The third-order valence-electron chi connectivity index (χ3n) is 6.56. The quantitative estimate of drug-likeness (QED) is 0.574. The fourth-order valence-corrected chi connectivity index (χ4v) is 5.26. The fourth-order valence-electron chi connectivity index (χ4n) is 5.26. The van der Waals surface area contributed by atoms with Crippen LogP contribution in [0.2, 0.25) is 0 Å². The first-order chi connectivity index (χ1) is 11.1. The van der Waals surface area contributed by atoms with Crippen molar-refractivity contribution in [3.05, 3.63) is 35.4 Å². The van der Waals surface area contributed by atoms with E-state index in [1.54, 1.807) is 0 Å². The van der Waals surface area contributed by atoms with Gasteiger partial charge in [-0.1, -0.05) is 51.5 Å². The van der Waals surface area contributed by atoms with Crippen LogP contribution in [0.5, 0.6) is 0 Å². The molecular formula is C21H30F2. The SMILES string of the molecule is CCCC1(c2ccc(F)c(F)c2)CCC(C2CCCCC2)CC1. The maximum atomic E-state index is 13.7. The fraction of sp³-hybridized carbons (Fsp3) is 0.714. The van der Waals surface area contributed by atoms with Gasteiger partial charge in [0.1, 0.15) is 0 Å². The summed E-state index contributed by atoms with van der Waals surface area (Å²) < 4.78 is 27.0. The molecule has 128 valence electrons. The molecule has 0 aliphatic heterocycles. The van der Waals surface area contributed by atoms with Crippen molar-refractivity contribution in [2.75, 3.05) is 0 Å². The summed E-state index contributed by atoms with van der Waals surface area (Å²) in [4.78, 5) is 0. The summed E-state index contributed by atoms with van der Waals surface area (Å²) in [5, 5.41) is 0. The molecule has 0 heterocycles. The van der Waals surface area contributed by atoms with Gasteiger partial charge in [-0.25, -0.2) is 8.78 Å². The highest BCUT2D eigenvalue weighted by molar-refractivity contribution is 5.27. The second kappa shape index (κ2) is 7.32. The molecule has 1 aromatic rings. The first kappa shape index (κ1) is 16.9. The Hall–Kier alpha value is -0.920. The van der Waals surface area contributed by atoms with Gasteiger partial charge in [0, 0.05) is 0 Å². The van der Waals surface area contributed by atoms with E-state index in [0.29, 0.717) is 0 Å². The van der Waals surface area contributed by atoms with Crippen LogP contribution in [0.25, 0.3) is 0 Å². The highest BCUT2D eigenvalue weighted by atomic mass is 19.2. The average molecular weight is 320 g/mol. The minimum atomic E-state index is -0.726. The van der Waals surface area contributed by atoms with Gasteiger partial charge in [0.2, 0.25) is 0 Å². The molecule has 2 heteroatoms. The second-order valence-electron chi connectivity index (χ2n) is 7.89. The molecule has 0 spiro atoms. The van der Waals surface area contributed by atoms with E-state index in [0.717, 1.165) is 43.1 Å². The van der Waals surface area contributed by atoms with Crippen molar-refractivity contribution >= 4 is 0 Å². The summed E-state index contributed by atoms with van der Waals surface area (Å²) >= 11 is 0. The third-order valence-corrected chi connectivity index (χ3v) is 6.56. The zero-order chi connectivity index (χ0) is 16.3. The lowest BCUT2D eigenvalue weighted by atomic mass is 9.61. The van der Waals surface area contributed by atoms with Gasteiger partial charge in [-0.15, -0.1) is 0 Å². The van der Waals surface area contributed by atoms with Gasteiger partial charge in [-0.2, -0.15) is 0 Å². The summed E-state index contributed by atoms with van der Waals surface area (Å²) in [6.45, 7) is 2.20. The maximum absolute atomic E-state index is 13.7. The van der Waals surface area contributed by atoms with Crippen molar-refractivity contribution in [3.8, 4) is 0 Å². The third kappa shape index (κ3) is 3.61. The molecule has 1 aromatic carbocycles. The van der Waals surface area contributed by atoms with Gasteiger partial charge in [0.25, 0.3) is 0 Å². The topological polar surface area (TPSA) is 0 Å². The largest absolute Gasteiger partial charge is 0.204 e. The summed E-state index contributed by atoms with van der Waals surface area (Å²) in [5.41, 5.74) is 1.11. The number of halogens is 2. The number of benzene rings is 1. The molecule has 0 saturated heterocycles. The van der Waals surface area contributed by atoms with Crippen LogP contribution in [-0.2, 0) is 5.41 Å². The van der Waals surface area contributed by atoms with Crippen LogP contribution < -0.4 is 0 Å². The summed E-state index contributed by atoms with van der Waals surface area (Å²) in [5.74, 6) is 0.377. The van der Waals surface area contributed by atoms with Gasteiger partial charge in [0.15, 0.2) is 11.6 Å². The van der Waals surface area contributed by atoms with E-state index in [-0.39, 0.29) is 5.41 Å². The molecule has 0 radical (unpaired) electrons. The molecule has 0 nitrogen and oxygen atoms in total. The molecular weight excluding hydrogens is 290 g/mol. The lowest BCUT2D eigenvalue weighted by molar-refractivity contribution is 0.142. The zero-order valence-electron chi connectivity index (χ0n) is 14.4. The molecule has 0 atom stereocenters. The van der Waals surface area contributed by atoms with E-state index in [1.807, 2.05) is 6.07 Å². The first-order valence-electron chi connectivity index (χ1n) is 9.60. The molecule has 2 fully saturated rings. The Balaban J connectivity index is 1.74.